The van der Waals surface area contributed by atoms with Crippen LogP contribution in [0.4, 0.5) is 5.69 Å². The summed E-state index contributed by atoms with van der Waals surface area (Å²) in [7, 11) is 0. The van der Waals surface area contributed by atoms with E-state index in [1.54, 1.807) is 31.2 Å². The van der Waals surface area contributed by atoms with Crippen molar-refractivity contribution in [3.05, 3.63) is 29.8 Å². The molecule has 0 aromatic heterocycles. The first-order chi connectivity index (χ1) is 10.7. The molecule has 124 valence electrons. The molecule has 0 bridgehead atoms. The van der Waals surface area contributed by atoms with Gasteiger partial charge in [0, 0.05) is 5.54 Å². The van der Waals surface area contributed by atoms with Gasteiger partial charge in [-0.15, -0.1) is 0 Å². The summed E-state index contributed by atoms with van der Waals surface area (Å²) in [6.45, 7) is 7.87. The lowest BCUT2D eigenvalue weighted by Crippen LogP contribution is -2.47. The van der Waals surface area contributed by atoms with E-state index < -0.39 is 12.0 Å². The fourth-order valence-electron chi connectivity index (χ4n) is 2.50. The molecule has 6 nitrogen and oxygen atoms in total. The summed E-state index contributed by atoms with van der Waals surface area (Å²) in [5.41, 5.74) is 0.593. The molecule has 1 aliphatic heterocycles. The number of hydrogen-bond acceptors (Lipinski definition) is 5. The number of imide groups is 1. The average molecular weight is 318 g/mol. The summed E-state index contributed by atoms with van der Waals surface area (Å²) < 4.78 is 4.91. The Morgan fingerprint density at radius 2 is 1.87 bits per heavy atom. The molecule has 0 radical (unpaired) electrons. The van der Waals surface area contributed by atoms with E-state index in [1.165, 1.54) is 4.90 Å². The van der Waals surface area contributed by atoms with Crippen LogP contribution in [0.2, 0.25) is 0 Å². The van der Waals surface area contributed by atoms with Gasteiger partial charge in [-0.05, 0) is 52.0 Å². The Morgan fingerprint density at radius 1 is 1.26 bits per heavy atom. The Bertz CT molecular complexity index is 616. The predicted molar refractivity (Wildman–Crippen MR) is 86.2 cm³/mol. The minimum Gasteiger partial charge on any atom is -0.462 e. The summed E-state index contributed by atoms with van der Waals surface area (Å²) >= 11 is 0. The van der Waals surface area contributed by atoms with Gasteiger partial charge in [0.25, 0.3) is 5.91 Å². The first-order valence-electron chi connectivity index (χ1n) is 7.64. The highest BCUT2D eigenvalue weighted by Crippen LogP contribution is 2.24. The molecule has 0 saturated carbocycles. The number of nitrogens with zero attached hydrogens (tertiary/aromatic N) is 1. The van der Waals surface area contributed by atoms with Crippen LogP contribution in [0.15, 0.2) is 24.3 Å². The molecular formula is C17H22N2O4. The van der Waals surface area contributed by atoms with E-state index in [0.717, 1.165) is 0 Å². The summed E-state index contributed by atoms with van der Waals surface area (Å²) in [5.74, 6) is -0.945. The summed E-state index contributed by atoms with van der Waals surface area (Å²) in [6, 6.07) is 5.76. The molecule has 1 heterocycles. The minimum atomic E-state index is -0.521. The van der Waals surface area contributed by atoms with Crippen molar-refractivity contribution in [3.8, 4) is 0 Å². The van der Waals surface area contributed by atoms with E-state index in [2.05, 4.69) is 5.32 Å². The predicted octanol–water partition coefficient (Wildman–Crippen LogP) is 1.88. The molecule has 2 amide bonds. The summed E-state index contributed by atoms with van der Waals surface area (Å²) in [5, 5.41) is 3.16. The van der Waals surface area contributed by atoms with Crippen molar-refractivity contribution in [1.82, 2.24) is 5.32 Å². The molecule has 2 rings (SSSR count). The Hall–Kier alpha value is -2.21. The number of amides is 2. The van der Waals surface area contributed by atoms with Gasteiger partial charge < -0.3 is 10.1 Å². The van der Waals surface area contributed by atoms with Crippen LogP contribution >= 0.6 is 0 Å². The van der Waals surface area contributed by atoms with Gasteiger partial charge in [-0.1, -0.05) is 0 Å². The number of nitrogens with one attached hydrogen (secondary N) is 1. The van der Waals surface area contributed by atoms with Gasteiger partial charge in [0.2, 0.25) is 5.91 Å². The van der Waals surface area contributed by atoms with Gasteiger partial charge in [-0.25, -0.2) is 9.69 Å². The molecule has 0 spiro atoms. The molecule has 23 heavy (non-hydrogen) atoms. The molecule has 6 heteroatoms. The Morgan fingerprint density at radius 3 is 2.39 bits per heavy atom. The van der Waals surface area contributed by atoms with E-state index in [4.69, 9.17) is 4.74 Å². The van der Waals surface area contributed by atoms with Crippen LogP contribution in [-0.4, -0.2) is 36.0 Å². The first-order valence-corrected chi connectivity index (χ1v) is 7.64. The van der Waals surface area contributed by atoms with Crippen molar-refractivity contribution >= 4 is 23.5 Å². The maximum Gasteiger partial charge on any atom is 0.338 e. The smallest absolute Gasteiger partial charge is 0.338 e. The second-order valence-electron chi connectivity index (χ2n) is 6.49. The van der Waals surface area contributed by atoms with Crippen LogP contribution in [0.1, 0.15) is 44.5 Å². The number of anilines is 1. The van der Waals surface area contributed by atoms with Crippen molar-refractivity contribution in [2.75, 3.05) is 11.5 Å². The molecule has 1 aromatic rings. The van der Waals surface area contributed by atoms with Crippen LogP contribution in [0.25, 0.3) is 0 Å². The Balaban J connectivity index is 2.17. The fraction of sp³-hybridized carbons (Fsp3) is 0.471. The zero-order valence-electron chi connectivity index (χ0n) is 13.9. The Kier molecular flexibility index (Phi) is 4.85. The van der Waals surface area contributed by atoms with Gasteiger partial charge >= 0.3 is 5.97 Å². The third-order valence-electron chi connectivity index (χ3n) is 3.39. The summed E-state index contributed by atoms with van der Waals surface area (Å²) in [6.07, 6.45) is 0.135. The zero-order chi connectivity index (χ0) is 17.2. The maximum absolute atomic E-state index is 12.5. The van der Waals surface area contributed by atoms with Crippen molar-refractivity contribution < 1.29 is 19.1 Å². The standard InChI is InChI=1S/C17H22N2O4/c1-5-23-16(22)11-6-8-12(9-7-11)19-14(20)10-13(15(19)21)18-17(2,3)4/h6-9,13,18H,5,10H2,1-4H3. The SMILES string of the molecule is CCOC(=O)c1ccc(N2C(=O)CC(NC(C)(C)C)C2=O)cc1. The average Bonchev–Trinajstić information content (AvgIpc) is 2.72. The number of benzene rings is 1. The molecule has 0 aliphatic carbocycles. The molecule has 1 aliphatic rings. The third-order valence-corrected chi connectivity index (χ3v) is 3.39. The number of esters is 1. The van der Waals surface area contributed by atoms with E-state index in [0.29, 0.717) is 17.9 Å². The van der Waals surface area contributed by atoms with Crippen LogP contribution in [0.5, 0.6) is 0 Å². The normalized spacial score (nSPS) is 18.4. The first kappa shape index (κ1) is 17.1. The second-order valence-corrected chi connectivity index (χ2v) is 6.49. The van der Waals surface area contributed by atoms with E-state index in [-0.39, 0.29) is 23.8 Å². The Labute approximate surface area is 135 Å². The molecule has 1 fully saturated rings. The van der Waals surface area contributed by atoms with Crippen LogP contribution < -0.4 is 10.2 Å². The van der Waals surface area contributed by atoms with Crippen molar-refractivity contribution in [2.24, 2.45) is 0 Å². The highest BCUT2D eigenvalue weighted by Gasteiger charge is 2.40. The van der Waals surface area contributed by atoms with Crippen molar-refractivity contribution in [2.45, 2.75) is 45.7 Å². The monoisotopic (exact) mass is 318 g/mol. The molecule has 1 aromatic carbocycles. The quantitative estimate of drug-likeness (QED) is 0.677. The van der Waals surface area contributed by atoms with E-state index in [1.807, 2.05) is 20.8 Å². The van der Waals surface area contributed by atoms with Gasteiger partial charge in [0.1, 0.15) is 0 Å². The van der Waals surface area contributed by atoms with Crippen LogP contribution in [0.3, 0.4) is 0 Å². The zero-order valence-corrected chi connectivity index (χ0v) is 13.9. The van der Waals surface area contributed by atoms with Gasteiger partial charge in [-0.3, -0.25) is 9.59 Å². The number of hydrogen-bond donors (Lipinski definition) is 1. The third kappa shape index (κ3) is 3.96. The van der Waals surface area contributed by atoms with Gasteiger partial charge in [0.05, 0.1) is 30.3 Å². The minimum absolute atomic E-state index is 0.135. The lowest BCUT2D eigenvalue weighted by Gasteiger charge is -2.24. The number of carbonyl (C=O) groups excluding carboxylic acids is 3. The topological polar surface area (TPSA) is 75.7 Å². The van der Waals surface area contributed by atoms with Crippen LogP contribution in [-0.2, 0) is 14.3 Å². The molecule has 1 N–H and O–H groups in total. The molecule has 1 saturated heterocycles. The van der Waals surface area contributed by atoms with Gasteiger partial charge in [0.15, 0.2) is 0 Å². The second kappa shape index (κ2) is 6.50. The number of carbonyl (C=O) groups is 3. The van der Waals surface area contributed by atoms with Gasteiger partial charge in [-0.2, -0.15) is 0 Å². The number of rotatable bonds is 4. The van der Waals surface area contributed by atoms with Crippen LogP contribution in [0, 0.1) is 0 Å². The van der Waals surface area contributed by atoms with Crippen molar-refractivity contribution in [1.29, 1.82) is 0 Å². The maximum atomic E-state index is 12.5. The molecule has 1 unspecified atom stereocenters. The lowest BCUT2D eigenvalue weighted by molar-refractivity contribution is -0.121. The van der Waals surface area contributed by atoms with Crippen molar-refractivity contribution in [3.63, 3.8) is 0 Å². The summed E-state index contributed by atoms with van der Waals surface area (Å²) in [4.78, 5) is 37.4. The fourth-order valence-corrected chi connectivity index (χ4v) is 2.50. The highest BCUT2D eigenvalue weighted by atomic mass is 16.5. The lowest BCUT2D eigenvalue weighted by atomic mass is 10.1. The largest absolute Gasteiger partial charge is 0.462 e. The highest BCUT2D eigenvalue weighted by molar-refractivity contribution is 6.22. The molecular weight excluding hydrogens is 296 g/mol. The molecule has 1 atom stereocenters. The number of ether oxygens (including phenoxy) is 1. The van der Waals surface area contributed by atoms with E-state index >= 15 is 0 Å². The van der Waals surface area contributed by atoms with E-state index in [9.17, 15) is 14.4 Å².